The number of hydrogen-bond acceptors (Lipinski definition) is 3. The number of rotatable bonds is 9. The van der Waals surface area contributed by atoms with E-state index in [9.17, 15) is 0 Å². The van der Waals surface area contributed by atoms with Crippen LogP contribution in [0.1, 0.15) is 18.7 Å². The molecule has 4 nitrogen and oxygen atoms in total. The van der Waals surface area contributed by atoms with Crippen molar-refractivity contribution in [3.05, 3.63) is 29.0 Å². The quantitative estimate of drug-likeness (QED) is 0.517. The lowest BCUT2D eigenvalue weighted by atomic mass is 10.3. The molecule has 0 radical (unpaired) electrons. The largest absolute Gasteiger partial charge is 0.382 e. The number of nitrogens with zero attached hydrogens (tertiary/aromatic N) is 2. The normalized spacial score (nSPS) is 11.4. The van der Waals surface area contributed by atoms with Crippen molar-refractivity contribution in [1.29, 1.82) is 0 Å². The Morgan fingerprint density at radius 2 is 2.05 bits per heavy atom. The summed E-state index contributed by atoms with van der Waals surface area (Å²) in [4.78, 5) is 4.52. The Balaban J connectivity index is 1.93. The van der Waals surface area contributed by atoms with Gasteiger partial charge in [0.05, 0.1) is 29.6 Å². The number of benzene rings is 1. The van der Waals surface area contributed by atoms with Gasteiger partial charge in [-0.2, -0.15) is 0 Å². The Kier molecular flexibility index (Phi) is 6.77. The zero-order valence-electron chi connectivity index (χ0n) is 12.1. The Morgan fingerprint density at radius 1 is 1.19 bits per heavy atom. The van der Waals surface area contributed by atoms with Crippen molar-refractivity contribution in [1.82, 2.24) is 9.55 Å². The van der Waals surface area contributed by atoms with Crippen LogP contribution in [0, 0.1) is 0 Å². The lowest BCUT2D eigenvalue weighted by Gasteiger charge is -2.08. The van der Waals surface area contributed by atoms with E-state index in [-0.39, 0.29) is 0 Å². The first-order chi connectivity index (χ1) is 10.3. The SMILES string of the molecule is COCCOCCCCn1c(CCl)nc2c(Cl)cccc21. The molecule has 0 spiro atoms. The maximum atomic E-state index is 6.18. The third-order valence-electron chi connectivity index (χ3n) is 3.28. The molecule has 0 fully saturated rings. The summed E-state index contributed by atoms with van der Waals surface area (Å²) in [6.45, 7) is 2.90. The molecule has 0 aliphatic carbocycles. The Hall–Kier alpha value is -0.810. The van der Waals surface area contributed by atoms with Crippen molar-refractivity contribution in [2.45, 2.75) is 25.3 Å². The molecule has 116 valence electrons. The van der Waals surface area contributed by atoms with Gasteiger partial charge in [0.2, 0.25) is 0 Å². The minimum absolute atomic E-state index is 0.384. The average Bonchev–Trinajstić information content (AvgIpc) is 2.86. The molecular formula is C15H20Cl2N2O2. The predicted octanol–water partition coefficient (Wildman–Crippen LogP) is 3.87. The molecule has 0 N–H and O–H groups in total. The van der Waals surface area contributed by atoms with E-state index in [0.29, 0.717) is 24.1 Å². The summed E-state index contributed by atoms with van der Waals surface area (Å²) in [6.07, 6.45) is 2.00. The van der Waals surface area contributed by atoms with E-state index in [4.69, 9.17) is 32.7 Å². The van der Waals surface area contributed by atoms with E-state index >= 15 is 0 Å². The van der Waals surface area contributed by atoms with Crippen LogP contribution in [-0.4, -0.2) is 36.5 Å². The maximum Gasteiger partial charge on any atom is 0.124 e. The molecule has 21 heavy (non-hydrogen) atoms. The number of hydrogen-bond donors (Lipinski definition) is 0. The molecule has 1 heterocycles. The Labute approximate surface area is 135 Å². The van der Waals surface area contributed by atoms with Crippen LogP contribution >= 0.6 is 23.2 Å². The van der Waals surface area contributed by atoms with Crippen LogP contribution in [0.5, 0.6) is 0 Å². The number of fused-ring (bicyclic) bond motifs is 1. The van der Waals surface area contributed by atoms with Crippen LogP contribution < -0.4 is 0 Å². The van der Waals surface area contributed by atoms with Crippen molar-refractivity contribution in [2.24, 2.45) is 0 Å². The van der Waals surface area contributed by atoms with Crippen LogP contribution in [0.15, 0.2) is 18.2 Å². The van der Waals surface area contributed by atoms with Gasteiger partial charge >= 0.3 is 0 Å². The molecule has 0 amide bonds. The molecule has 6 heteroatoms. The Morgan fingerprint density at radius 3 is 2.81 bits per heavy atom. The van der Waals surface area contributed by atoms with Crippen molar-refractivity contribution in [3.8, 4) is 0 Å². The lowest BCUT2D eigenvalue weighted by Crippen LogP contribution is -2.06. The first kappa shape index (κ1) is 16.6. The number of ether oxygens (including phenoxy) is 2. The van der Waals surface area contributed by atoms with Gasteiger partial charge < -0.3 is 14.0 Å². The van der Waals surface area contributed by atoms with Gasteiger partial charge in [0, 0.05) is 20.3 Å². The second kappa shape index (κ2) is 8.59. The topological polar surface area (TPSA) is 36.3 Å². The van der Waals surface area contributed by atoms with Crippen LogP contribution in [0.4, 0.5) is 0 Å². The van der Waals surface area contributed by atoms with Gasteiger partial charge in [0.15, 0.2) is 0 Å². The highest BCUT2D eigenvalue weighted by molar-refractivity contribution is 6.34. The summed E-state index contributed by atoms with van der Waals surface area (Å²) in [5.74, 6) is 1.25. The average molecular weight is 331 g/mol. The highest BCUT2D eigenvalue weighted by atomic mass is 35.5. The van der Waals surface area contributed by atoms with E-state index in [1.165, 1.54) is 0 Å². The van der Waals surface area contributed by atoms with Gasteiger partial charge in [-0.05, 0) is 25.0 Å². The molecule has 0 aliphatic rings. The minimum atomic E-state index is 0.384. The van der Waals surface area contributed by atoms with Gasteiger partial charge in [-0.15, -0.1) is 11.6 Å². The maximum absolute atomic E-state index is 6.18. The monoisotopic (exact) mass is 330 g/mol. The summed E-state index contributed by atoms with van der Waals surface area (Å²) in [6, 6.07) is 5.82. The number of methoxy groups -OCH3 is 1. The fourth-order valence-corrected chi connectivity index (χ4v) is 2.65. The third kappa shape index (κ3) is 4.33. The molecule has 0 unspecified atom stereocenters. The molecule has 0 atom stereocenters. The molecule has 0 saturated carbocycles. The molecule has 0 aliphatic heterocycles. The second-order valence-corrected chi connectivity index (χ2v) is 5.41. The van der Waals surface area contributed by atoms with Crippen molar-refractivity contribution < 1.29 is 9.47 Å². The lowest BCUT2D eigenvalue weighted by molar-refractivity contribution is 0.0684. The Bertz CT molecular complexity index is 572. The number of aryl methyl sites for hydroxylation is 1. The van der Waals surface area contributed by atoms with E-state index < -0.39 is 0 Å². The number of halogens is 2. The van der Waals surface area contributed by atoms with Gasteiger partial charge in [-0.1, -0.05) is 17.7 Å². The fraction of sp³-hybridized carbons (Fsp3) is 0.533. The van der Waals surface area contributed by atoms with Crippen LogP contribution in [0.25, 0.3) is 11.0 Å². The first-order valence-corrected chi connectivity index (χ1v) is 7.95. The fourth-order valence-electron chi connectivity index (χ4n) is 2.23. The third-order valence-corrected chi connectivity index (χ3v) is 3.82. The number of alkyl halides is 1. The van der Waals surface area contributed by atoms with Gasteiger partial charge in [0.25, 0.3) is 0 Å². The zero-order chi connectivity index (χ0) is 15.1. The summed E-state index contributed by atoms with van der Waals surface area (Å²) in [7, 11) is 1.67. The summed E-state index contributed by atoms with van der Waals surface area (Å²) < 4.78 is 12.5. The van der Waals surface area contributed by atoms with Crippen molar-refractivity contribution >= 4 is 34.2 Å². The van der Waals surface area contributed by atoms with E-state index in [1.54, 1.807) is 7.11 Å². The molecule has 0 bridgehead atoms. The minimum Gasteiger partial charge on any atom is -0.382 e. The van der Waals surface area contributed by atoms with Gasteiger partial charge in [-0.25, -0.2) is 4.98 Å². The second-order valence-electron chi connectivity index (χ2n) is 4.73. The summed E-state index contributed by atoms with van der Waals surface area (Å²) in [5.41, 5.74) is 1.87. The number of unbranched alkanes of at least 4 members (excludes halogenated alkanes) is 1. The van der Waals surface area contributed by atoms with Crippen molar-refractivity contribution in [2.75, 3.05) is 26.9 Å². The molecular weight excluding hydrogens is 311 g/mol. The molecule has 0 saturated heterocycles. The highest BCUT2D eigenvalue weighted by Gasteiger charge is 2.11. The van der Waals surface area contributed by atoms with Gasteiger partial charge in [0.1, 0.15) is 11.3 Å². The first-order valence-electron chi connectivity index (χ1n) is 7.04. The van der Waals surface area contributed by atoms with Gasteiger partial charge in [-0.3, -0.25) is 0 Å². The number of imidazole rings is 1. The zero-order valence-corrected chi connectivity index (χ0v) is 13.7. The molecule has 2 aromatic rings. The number of aromatic nitrogens is 2. The molecule has 1 aromatic heterocycles. The standard InChI is InChI=1S/C15H20Cl2N2O2/c1-20-9-10-21-8-3-2-7-19-13-6-4-5-12(17)15(13)18-14(19)11-16/h4-6H,2-3,7-11H2,1H3. The molecule has 1 aromatic carbocycles. The van der Waals surface area contributed by atoms with E-state index in [1.807, 2.05) is 18.2 Å². The van der Waals surface area contributed by atoms with E-state index in [0.717, 1.165) is 42.9 Å². The van der Waals surface area contributed by atoms with Crippen molar-refractivity contribution in [3.63, 3.8) is 0 Å². The van der Waals surface area contributed by atoms with Crippen LogP contribution in [0.3, 0.4) is 0 Å². The van der Waals surface area contributed by atoms with E-state index in [2.05, 4.69) is 9.55 Å². The van der Waals surface area contributed by atoms with Crippen LogP contribution in [0.2, 0.25) is 5.02 Å². The number of para-hydroxylation sites is 1. The predicted molar refractivity (Wildman–Crippen MR) is 86.2 cm³/mol. The molecule has 2 rings (SSSR count). The van der Waals surface area contributed by atoms with Crippen LogP contribution in [-0.2, 0) is 21.9 Å². The summed E-state index contributed by atoms with van der Waals surface area (Å²) in [5, 5.41) is 0.667. The summed E-state index contributed by atoms with van der Waals surface area (Å²) >= 11 is 12.2. The smallest absolute Gasteiger partial charge is 0.124 e. The highest BCUT2D eigenvalue weighted by Crippen LogP contribution is 2.25.